The summed E-state index contributed by atoms with van der Waals surface area (Å²) in [6, 6.07) is 6.04. The highest BCUT2D eigenvalue weighted by atomic mass is 35.5. The van der Waals surface area contributed by atoms with Gasteiger partial charge in [-0.15, -0.1) is 0 Å². The van der Waals surface area contributed by atoms with Crippen molar-refractivity contribution in [3.8, 4) is 6.07 Å². The van der Waals surface area contributed by atoms with Crippen molar-refractivity contribution >= 4 is 27.4 Å². The molecule has 1 atom stereocenters. The second-order valence-electron chi connectivity index (χ2n) is 5.07. The molecule has 1 heterocycles. The summed E-state index contributed by atoms with van der Waals surface area (Å²) in [5.74, 6) is -0.279. The van der Waals surface area contributed by atoms with Gasteiger partial charge in [-0.2, -0.15) is 9.57 Å². The number of sulfonamides is 1. The number of rotatable bonds is 3. The molecule has 0 bridgehead atoms. The van der Waals surface area contributed by atoms with E-state index in [1.807, 2.05) is 6.07 Å². The van der Waals surface area contributed by atoms with Gasteiger partial charge >= 0.3 is 0 Å². The lowest BCUT2D eigenvalue weighted by atomic mass is 9.96. The molecule has 0 spiro atoms. The lowest BCUT2D eigenvalue weighted by Gasteiger charge is -2.30. The summed E-state index contributed by atoms with van der Waals surface area (Å²) in [6.45, 7) is 2.01. The summed E-state index contributed by atoms with van der Waals surface area (Å²) in [4.78, 5) is 11.4. The third-order valence-electron chi connectivity index (χ3n) is 3.64. The van der Waals surface area contributed by atoms with Crippen molar-refractivity contribution in [2.45, 2.75) is 24.7 Å². The van der Waals surface area contributed by atoms with Gasteiger partial charge in [0.25, 0.3) is 0 Å². The van der Waals surface area contributed by atoms with E-state index in [0.717, 1.165) is 0 Å². The monoisotopic (exact) mass is 326 g/mol. The third-order valence-corrected chi connectivity index (χ3v) is 5.98. The maximum atomic E-state index is 12.7. The lowest BCUT2D eigenvalue weighted by Crippen LogP contribution is -2.41. The van der Waals surface area contributed by atoms with Crippen molar-refractivity contribution in [2.24, 2.45) is 5.92 Å². The number of carbonyl (C=O) groups excluding carboxylic acids is 1. The minimum atomic E-state index is -3.79. The predicted molar refractivity (Wildman–Crippen MR) is 78.3 cm³/mol. The second-order valence-corrected chi connectivity index (χ2v) is 7.38. The van der Waals surface area contributed by atoms with Crippen LogP contribution in [0.5, 0.6) is 0 Å². The lowest BCUT2D eigenvalue weighted by molar-refractivity contribution is -0.121. The summed E-state index contributed by atoms with van der Waals surface area (Å²) in [7, 11) is -3.79. The van der Waals surface area contributed by atoms with Gasteiger partial charge < -0.3 is 0 Å². The van der Waals surface area contributed by atoms with E-state index < -0.39 is 10.0 Å². The van der Waals surface area contributed by atoms with Crippen molar-refractivity contribution in [1.29, 1.82) is 5.26 Å². The Labute approximate surface area is 129 Å². The van der Waals surface area contributed by atoms with Crippen LogP contribution in [0.1, 0.15) is 25.3 Å². The SMILES string of the molecule is CC(=O)C1CCCN(S(=O)(=O)c2cc(C#N)ccc2Cl)C1. The quantitative estimate of drug-likeness (QED) is 0.853. The van der Waals surface area contributed by atoms with E-state index in [-0.39, 0.29) is 33.7 Å². The topological polar surface area (TPSA) is 78.2 Å². The van der Waals surface area contributed by atoms with Crippen LogP contribution in [0.4, 0.5) is 0 Å². The Morgan fingerprint density at radius 2 is 2.19 bits per heavy atom. The normalized spacial score (nSPS) is 20.0. The Balaban J connectivity index is 2.38. The molecule has 0 radical (unpaired) electrons. The molecule has 1 aromatic carbocycles. The molecule has 0 amide bonds. The number of hydrogen-bond acceptors (Lipinski definition) is 4. The van der Waals surface area contributed by atoms with Crippen LogP contribution in [0.2, 0.25) is 5.02 Å². The van der Waals surface area contributed by atoms with Crippen molar-refractivity contribution in [2.75, 3.05) is 13.1 Å². The second kappa shape index (κ2) is 6.14. The van der Waals surface area contributed by atoms with Crippen LogP contribution in [-0.2, 0) is 14.8 Å². The molecule has 1 aliphatic rings. The fourth-order valence-corrected chi connectivity index (χ4v) is 4.43. The average molecular weight is 327 g/mol. The fourth-order valence-electron chi connectivity index (χ4n) is 2.40. The molecule has 0 saturated carbocycles. The van der Waals surface area contributed by atoms with Crippen LogP contribution in [0.25, 0.3) is 0 Å². The van der Waals surface area contributed by atoms with Gasteiger partial charge in [-0.05, 0) is 38.0 Å². The molecule has 21 heavy (non-hydrogen) atoms. The summed E-state index contributed by atoms with van der Waals surface area (Å²) < 4.78 is 26.6. The van der Waals surface area contributed by atoms with E-state index >= 15 is 0 Å². The number of benzene rings is 1. The highest BCUT2D eigenvalue weighted by Crippen LogP contribution is 2.29. The Kier molecular flexibility index (Phi) is 4.67. The zero-order valence-corrected chi connectivity index (χ0v) is 13.1. The molecule has 0 aromatic heterocycles. The molecular formula is C14H15ClN2O3S. The zero-order chi connectivity index (χ0) is 15.6. The number of nitriles is 1. The van der Waals surface area contributed by atoms with Gasteiger partial charge in [0.1, 0.15) is 10.7 Å². The number of Topliss-reactive ketones (excluding diaryl/α,β-unsaturated/α-hetero) is 1. The van der Waals surface area contributed by atoms with E-state index in [1.54, 1.807) is 0 Å². The number of halogens is 1. The molecule has 1 unspecified atom stereocenters. The van der Waals surface area contributed by atoms with Crippen LogP contribution in [-0.4, -0.2) is 31.6 Å². The van der Waals surface area contributed by atoms with E-state index in [4.69, 9.17) is 16.9 Å². The van der Waals surface area contributed by atoms with Gasteiger partial charge in [0.05, 0.1) is 16.7 Å². The first-order chi connectivity index (χ1) is 9.86. The van der Waals surface area contributed by atoms with Crippen LogP contribution in [0.3, 0.4) is 0 Å². The largest absolute Gasteiger partial charge is 0.300 e. The smallest absolute Gasteiger partial charge is 0.244 e. The molecule has 0 aliphatic carbocycles. The predicted octanol–water partition coefficient (Wildman–Crippen LogP) is 2.20. The van der Waals surface area contributed by atoms with Crippen molar-refractivity contribution < 1.29 is 13.2 Å². The Bertz CT molecular complexity index is 709. The summed E-state index contributed by atoms with van der Waals surface area (Å²) in [5.41, 5.74) is 0.234. The molecule has 1 saturated heterocycles. The van der Waals surface area contributed by atoms with Crippen molar-refractivity contribution in [3.63, 3.8) is 0 Å². The van der Waals surface area contributed by atoms with Crippen molar-refractivity contribution in [1.82, 2.24) is 4.31 Å². The molecule has 0 N–H and O–H groups in total. The highest BCUT2D eigenvalue weighted by Gasteiger charge is 2.33. The Morgan fingerprint density at radius 1 is 1.48 bits per heavy atom. The number of hydrogen-bond donors (Lipinski definition) is 0. The molecular weight excluding hydrogens is 312 g/mol. The van der Waals surface area contributed by atoms with Crippen LogP contribution < -0.4 is 0 Å². The standard InChI is InChI=1S/C14H15ClN2O3S/c1-10(18)12-3-2-6-17(9-12)21(19,20)14-7-11(8-16)4-5-13(14)15/h4-5,7,12H,2-3,6,9H2,1H3. The first-order valence-corrected chi connectivity index (χ1v) is 8.38. The maximum absolute atomic E-state index is 12.7. The third kappa shape index (κ3) is 3.26. The van der Waals surface area contributed by atoms with E-state index in [1.165, 1.54) is 29.4 Å². The first-order valence-electron chi connectivity index (χ1n) is 6.56. The molecule has 2 rings (SSSR count). The van der Waals surface area contributed by atoms with E-state index in [0.29, 0.717) is 19.4 Å². The summed E-state index contributed by atoms with van der Waals surface area (Å²) in [6.07, 6.45) is 1.34. The number of ketones is 1. The van der Waals surface area contributed by atoms with E-state index in [2.05, 4.69) is 0 Å². The summed E-state index contributed by atoms with van der Waals surface area (Å²) in [5, 5.41) is 8.98. The Morgan fingerprint density at radius 3 is 2.81 bits per heavy atom. The molecule has 1 aliphatic heterocycles. The van der Waals surface area contributed by atoms with Crippen molar-refractivity contribution in [3.05, 3.63) is 28.8 Å². The van der Waals surface area contributed by atoms with Gasteiger partial charge in [0.15, 0.2) is 0 Å². The molecule has 112 valence electrons. The van der Waals surface area contributed by atoms with E-state index in [9.17, 15) is 13.2 Å². The molecule has 7 heteroatoms. The van der Waals surface area contributed by atoms with Gasteiger partial charge in [0.2, 0.25) is 10.0 Å². The van der Waals surface area contributed by atoms with Gasteiger partial charge in [-0.3, -0.25) is 4.79 Å². The minimum Gasteiger partial charge on any atom is -0.300 e. The van der Waals surface area contributed by atoms with Crippen LogP contribution in [0.15, 0.2) is 23.1 Å². The zero-order valence-electron chi connectivity index (χ0n) is 11.5. The first kappa shape index (κ1) is 16.0. The maximum Gasteiger partial charge on any atom is 0.244 e. The number of carbonyl (C=O) groups is 1. The van der Waals surface area contributed by atoms with Crippen LogP contribution >= 0.6 is 11.6 Å². The molecule has 1 aromatic rings. The van der Waals surface area contributed by atoms with Gasteiger partial charge in [-0.25, -0.2) is 8.42 Å². The number of nitrogens with zero attached hydrogens (tertiary/aromatic N) is 2. The summed E-state index contributed by atoms with van der Waals surface area (Å²) >= 11 is 5.97. The van der Waals surface area contributed by atoms with Gasteiger partial charge in [-0.1, -0.05) is 11.6 Å². The average Bonchev–Trinajstić information content (AvgIpc) is 2.47. The fraction of sp³-hybridized carbons (Fsp3) is 0.429. The molecule has 5 nitrogen and oxygen atoms in total. The van der Waals surface area contributed by atoms with Crippen LogP contribution in [0, 0.1) is 17.2 Å². The Hall–Kier alpha value is -1.42. The highest BCUT2D eigenvalue weighted by molar-refractivity contribution is 7.89. The van der Waals surface area contributed by atoms with Gasteiger partial charge in [0, 0.05) is 19.0 Å². The minimum absolute atomic E-state index is 0.00762. The molecule has 1 fully saturated rings. The number of piperidine rings is 1.